The Morgan fingerprint density at radius 2 is 1.68 bits per heavy atom. The maximum absolute atomic E-state index is 6.02. The Balaban J connectivity index is 2.05. The van der Waals surface area contributed by atoms with Crippen molar-refractivity contribution < 1.29 is 4.74 Å². The van der Waals surface area contributed by atoms with Crippen molar-refractivity contribution in [2.24, 2.45) is 0 Å². The molecule has 0 aliphatic rings. The Morgan fingerprint density at radius 1 is 0.842 bits per heavy atom. The molecule has 2 aromatic carbocycles. The van der Waals surface area contributed by atoms with Crippen LogP contribution >= 0.6 is 11.3 Å². The van der Waals surface area contributed by atoms with Crippen molar-refractivity contribution in [1.29, 1.82) is 0 Å². The molecule has 94 valence electrons. The van der Waals surface area contributed by atoms with Gasteiger partial charge in [0, 0.05) is 10.4 Å². The van der Waals surface area contributed by atoms with E-state index in [1.54, 1.807) is 11.3 Å². The lowest BCUT2D eigenvalue weighted by atomic mass is 10.1. The molecule has 1 heterocycles. The van der Waals surface area contributed by atoms with Gasteiger partial charge in [0.1, 0.15) is 11.5 Å². The van der Waals surface area contributed by atoms with Gasteiger partial charge < -0.3 is 4.74 Å². The number of para-hydroxylation sites is 1. The Morgan fingerprint density at radius 3 is 2.42 bits per heavy atom. The van der Waals surface area contributed by atoms with Gasteiger partial charge in [0.05, 0.1) is 0 Å². The van der Waals surface area contributed by atoms with Crippen LogP contribution in [-0.4, -0.2) is 0 Å². The first-order valence-corrected chi connectivity index (χ1v) is 7.09. The molecule has 19 heavy (non-hydrogen) atoms. The molecule has 3 rings (SSSR count). The first-order chi connectivity index (χ1) is 9.34. The molecule has 3 aromatic rings. The number of thiophene rings is 1. The van der Waals surface area contributed by atoms with Crippen LogP contribution in [0.4, 0.5) is 0 Å². The second-order valence-corrected chi connectivity index (χ2v) is 5.29. The minimum atomic E-state index is 0.867. The predicted octanol–water partition coefficient (Wildman–Crippen LogP) is 5.52. The third-order valence-electron chi connectivity index (χ3n) is 2.97. The van der Waals surface area contributed by atoms with Crippen molar-refractivity contribution in [1.82, 2.24) is 0 Å². The highest BCUT2D eigenvalue weighted by atomic mass is 32.1. The standard InChI is InChI=1S/C17H14OS/c1-13-7-5-10-15(17(13)16-11-6-12-19-16)18-14-8-3-2-4-9-14/h2-12H,1H3. The first kappa shape index (κ1) is 12.0. The lowest BCUT2D eigenvalue weighted by Crippen LogP contribution is -1.89. The molecule has 0 unspecified atom stereocenters. The summed E-state index contributed by atoms with van der Waals surface area (Å²) in [6.07, 6.45) is 0. The maximum Gasteiger partial charge on any atom is 0.136 e. The smallest absolute Gasteiger partial charge is 0.136 e. The average molecular weight is 266 g/mol. The lowest BCUT2D eigenvalue weighted by molar-refractivity contribution is 0.484. The van der Waals surface area contributed by atoms with E-state index < -0.39 is 0 Å². The Bertz CT molecular complexity index is 657. The number of ether oxygens (including phenoxy) is 1. The second-order valence-electron chi connectivity index (χ2n) is 4.34. The molecule has 0 amide bonds. The highest BCUT2D eigenvalue weighted by Gasteiger charge is 2.10. The van der Waals surface area contributed by atoms with Crippen molar-refractivity contribution in [2.75, 3.05) is 0 Å². The Labute approximate surface area is 117 Å². The summed E-state index contributed by atoms with van der Waals surface area (Å²) in [5.41, 5.74) is 2.41. The van der Waals surface area contributed by atoms with Crippen LogP contribution in [0.15, 0.2) is 66.0 Å². The number of rotatable bonds is 3. The molecule has 0 atom stereocenters. The number of benzene rings is 2. The molecule has 0 radical (unpaired) electrons. The fraction of sp³-hybridized carbons (Fsp3) is 0.0588. The summed E-state index contributed by atoms with van der Waals surface area (Å²) in [4.78, 5) is 1.24. The number of hydrogen-bond acceptors (Lipinski definition) is 2. The summed E-state index contributed by atoms with van der Waals surface area (Å²) in [7, 11) is 0. The van der Waals surface area contributed by atoms with Gasteiger partial charge in [-0.1, -0.05) is 36.4 Å². The third kappa shape index (κ3) is 2.54. The molecule has 0 aliphatic carbocycles. The molecule has 0 saturated heterocycles. The molecule has 0 saturated carbocycles. The van der Waals surface area contributed by atoms with Crippen LogP contribution in [0.5, 0.6) is 11.5 Å². The molecule has 1 nitrogen and oxygen atoms in total. The van der Waals surface area contributed by atoms with Gasteiger partial charge in [-0.25, -0.2) is 0 Å². The molecular formula is C17H14OS. The minimum Gasteiger partial charge on any atom is -0.457 e. The summed E-state index contributed by atoms with van der Waals surface area (Å²) in [6, 6.07) is 20.3. The van der Waals surface area contributed by atoms with E-state index in [1.807, 2.05) is 42.5 Å². The van der Waals surface area contributed by atoms with Crippen molar-refractivity contribution in [3.63, 3.8) is 0 Å². The second kappa shape index (κ2) is 5.29. The molecule has 2 heteroatoms. The molecule has 0 spiro atoms. The zero-order valence-electron chi connectivity index (χ0n) is 10.7. The largest absolute Gasteiger partial charge is 0.457 e. The van der Waals surface area contributed by atoms with Crippen LogP contribution in [0.3, 0.4) is 0 Å². The van der Waals surface area contributed by atoms with Gasteiger partial charge in [-0.2, -0.15) is 0 Å². The summed E-state index contributed by atoms with van der Waals surface area (Å²) < 4.78 is 6.02. The van der Waals surface area contributed by atoms with Gasteiger partial charge in [0.15, 0.2) is 0 Å². The third-order valence-corrected chi connectivity index (χ3v) is 3.86. The normalized spacial score (nSPS) is 10.4. The lowest BCUT2D eigenvalue weighted by Gasteiger charge is -2.12. The Hall–Kier alpha value is -2.06. The monoisotopic (exact) mass is 266 g/mol. The highest BCUT2D eigenvalue weighted by molar-refractivity contribution is 7.13. The zero-order valence-corrected chi connectivity index (χ0v) is 11.5. The van der Waals surface area contributed by atoms with Crippen LogP contribution in [0, 0.1) is 6.92 Å². The fourth-order valence-electron chi connectivity index (χ4n) is 2.08. The highest BCUT2D eigenvalue weighted by Crippen LogP contribution is 2.38. The summed E-state index contributed by atoms with van der Waals surface area (Å²) in [5.74, 6) is 1.78. The Kier molecular flexibility index (Phi) is 3.34. The van der Waals surface area contributed by atoms with Crippen molar-refractivity contribution in [2.45, 2.75) is 6.92 Å². The predicted molar refractivity (Wildman–Crippen MR) is 81.0 cm³/mol. The van der Waals surface area contributed by atoms with Crippen molar-refractivity contribution >= 4 is 11.3 Å². The topological polar surface area (TPSA) is 9.23 Å². The molecule has 0 bridgehead atoms. The molecule has 0 fully saturated rings. The van der Waals surface area contributed by atoms with Gasteiger partial charge in [0.25, 0.3) is 0 Å². The quantitative estimate of drug-likeness (QED) is 0.607. The van der Waals surface area contributed by atoms with E-state index in [1.165, 1.54) is 16.0 Å². The number of aryl methyl sites for hydroxylation is 1. The SMILES string of the molecule is Cc1cccc(Oc2ccccc2)c1-c1cccs1. The summed E-state index contributed by atoms with van der Waals surface area (Å²) in [5, 5.41) is 2.09. The van der Waals surface area contributed by atoms with E-state index in [-0.39, 0.29) is 0 Å². The summed E-state index contributed by atoms with van der Waals surface area (Å²) >= 11 is 1.73. The first-order valence-electron chi connectivity index (χ1n) is 6.21. The molecular weight excluding hydrogens is 252 g/mol. The minimum absolute atomic E-state index is 0.867. The van der Waals surface area contributed by atoms with Gasteiger partial charge in [-0.3, -0.25) is 0 Å². The van der Waals surface area contributed by atoms with E-state index >= 15 is 0 Å². The average Bonchev–Trinajstić information content (AvgIpc) is 2.94. The van der Waals surface area contributed by atoms with E-state index in [2.05, 4.69) is 30.5 Å². The molecule has 0 N–H and O–H groups in total. The summed E-state index contributed by atoms with van der Waals surface area (Å²) in [6.45, 7) is 2.12. The van der Waals surface area contributed by atoms with Gasteiger partial charge in [0.2, 0.25) is 0 Å². The molecule has 0 aliphatic heterocycles. The van der Waals surface area contributed by atoms with E-state index in [0.717, 1.165) is 11.5 Å². The molecule has 1 aromatic heterocycles. The van der Waals surface area contributed by atoms with Crippen LogP contribution in [0.2, 0.25) is 0 Å². The van der Waals surface area contributed by atoms with E-state index in [4.69, 9.17) is 4.74 Å². The van der Waals surface area contributed by atoms with E-state index in [9.17, 15) is 0 Å². The van der Waals surface area contributed by atoms with Crippen LogP contribution in [0.1, 0.15) is 5.56 Å². The number of hydrogen-bond donors (Lipinski definition) is 0. The van der Waals surface area contributed by atoms with Gasteiger partial charge in [-0.05, 0) is 42.1 Å². The van der Waals surface area contributed by atoms with Gasteiger partial charge >= 0.3 is 0 Å². The van der Waals surface area contributed by atoms with Crippen LogP contribution in [0.25, 0.3) is 10.4 Å². The van der Waals surface area contributed by atoms with E-state index in [0.29, 0.717) is 0 Å². The fourth-order valence-corrected chi connectivity index (χ4v) is 2.92. The van der Waals surface area contributed by atoms with Crippen molar-refractivity contribution in [3.05, 3.63) is 71.6 Å². The van der Waals surface area contributed by atoms with Crippen molar-refractivity contribution in [3.8, 4) is 21.9 Å². The van der Waals surface area contributed by atoms with Crippen LogP contribution < -0.4 is 4.74 Å². The maximum atomic E-state index is 6.02. The zero-order chi connectivity index (χ0) is 13.1. The van der Waals surface area contributed by atoms with Gasteiger partial charge in [-0.15, -0.1) is 11.3 Å². The van der Waals surface area contributed by atoms with Crippen LogP contribution in [-0.2, 0) is 0 Å².